The van der Waals surface area contributed by atoms with Crippen LogP contribution in [0.2, 0.25) is 0 Å². The standard InChI is InChI=1S/C14H15ClS/c1-10-3-4-11(2)13(7-10)8-14(15)12-5-6-16-9-12/h3-7,9,14H,8H2,1-2H3. The number of halogens is 1. The lowest BCUT2D eigenvalue weighted by atomic mass is 9.99. The minimum absolute atomic E-state index is 0.0896. The van der Waals surface area contributed by atoms with E-state index in [1.807, 2.05) is 0 Å². The molecule has 0 nitrogen and oxygen atoms in total. The van der Waals surface area contributed by atoms with Crippen molar-refractivity contribution in [2.45, 2.75) is 25.6 Å². The van der Waals surface area contributed by atoms with Gasteiger partial charge in [-0.2, -0.15) is 11.3 Å². The van der Waals surface area contributed by atoms with Gasteiger partial charge in [0.1, 0.15) is 0 Å². The zero-order valence-electron chi connectivity index (χ0n) is 9.53. The summed E-state index contributed by atoms with van der Waals surface area (Å²) >= 11 is 8.11. The van der Waals surface area contributed by atoms with Crippen LogP contribution in [0.25, 0.3) is 0 Å². The topological polar surface area (TPSA) is 0 Å². The lowest BCUT2D eigenvalue weighted by Gasteiger charge is -2.11. The molecule has 1 unspecified atom stereocenters. The van der Waals surface area contributed by atoms with Crippen molar-refractivity contribution in [3.63, 3.8) is 0 Å². The highest BCUT2D eigenvalue weighted by molar-refractivity contribution is 7.08. The molecule has 0 fully saturated rings. The maximum atomic E-state index is 6.41. The van der Waals surface area contributed by atoms with E-state index in [9.17, 15) is 0 Å². The number of hydrogen-bond donors (Lipinski definition) is 0. The smallest absolute Gasteiger partial charge is 0.0633 e. The minimum atomic E-state index is 0.0896. The first-order valence-corrected chi connectivity index (χ1v) is 6.77. The van der Waals surface area contributed by atoms with Crippen LogP contribution in [-0.4, -0.2) is 0 Å². The number of aryl methyl sites for hydroxylation is 2. The first-order chi connectivity index (χ1) is 7.66. The molecule has 0 aliphatic heterocycles. The zero-order valence-corrected chi connectivity index (χ0v) is 11.1. The van der Waals surface area contributed by atoms with Crippen LogP contribution in [0.4, 0.5) is 0 Å². The van der Waals surface area contributed by atoms with Gasteiger partial charge in [-0.05, 0) is 53.8 Å². The van der Waals surface area contributed by atoms with Crippen molar-refractivity contribution < 1.29 is 0 Å². The van der Waals surface area contributed by atoms with Crippen molar-refractivity contribution in [2.24, 2.45) is 0 Å². The van der Waals surface area contributed by atoms with Crippen molar-refractivity contribution in [1.82, 2.24) is 0 Å². The summed E-state index contributed by atoms with van der Waals surface area (Å²) in [5, 5.41) is 4.29. The van der Waals surface area contributed by atoms with E-state index in [1.54, 1.807) is 11.3 Å². The van der Waals surface area contributed by atoms with Gasteiger partial charge in [0.15, 0.2) is 0 Å². The molecule has 1 atom stereocenters. The van der Waals surface area contributed by atoms with E-state index in [4.69, 9.17) is 11.6 Å². The van der Waals surface area contributed by atoms with Gasteiger partial charge in [-0.3, -0.25) is 0 Å². The van der Waals surface area contributed by atoms with E-state index in [2.05, 4.69) is 48.9 Å². The number of thiophene rings is 1. The summed E-state index contributed by atoms with van der Waals surface area (Å²) in [6.07, 6.45) is 0.909. The van der Waals surface area contributed by atoms with Gasteiger partial charge in [-0.15, -0.1) is 11.6 Å². The highest BCUT2D eigenvalue weighted by Gasteiger charge is 2.10. The summed E-state index contributed by atoms with van der Waals surface area (Å²) in [4.78, 5) is 0. The lowest BCUT2D eigenvalue weighted by Crippen LogP contribution is -1.97. The Morgan fingerprint density at radius 2 is 2.06 bits per heavy atom. The summed E-state index contributed by atoms with van der Waals surface area (Å²) in [6, 6.07) is 8.65. The molecule has 0 saturated carbocycles. The molecule has 0 spiro atoms. The van der Waals surface area contributed by atoms with Crippen LogP contribution in [0, 0.1) is 13.8 Å². The second-order valence-electron chi connectivity index (χ2n) is 4.16. The molecule has 0 bridgehead atoms. The van der Waals surface area contributed by atoms with Gasteiger partial charge in [-0.1, -0.05) is 23.8 Å². The molecule has 0 aliphatic rings. The third kappa shape index (κ3) is 2.66. The van der Waals surface area contributed by atoms with E-state index >= 15 is 0 Å². The fourth-order valence-corrected chi connectivity index (χ4v) is 2.88. The highest BCUT2D eigenvalue weighted by Crippen LogP contribution is 2.28. The monoisotopic (exact) mass is 250 g/mol. The molecule has 2 rings (SSSR count). The maximum absolute atomic E-state index is 6.41. The van der Waals surface area contributed by atoms with Gasteiger partial charge < -0.3 is 0 Å². The van der Waals surface area contributed by atoms with Gasteiger partial charge in [0.2, 0.25) is 0 Å². The highest BCUT2D eigenvalue weighted by atomic mass is 35.5. The zero-order chi connectivity index (χ0) is 11.5. The first kappa shape index (κ1) is 11.7. The maximum Gasteiger partial charge on any atom is 0.0633 e. The van der Waals surface area contributed by atoms with E-state index < -0.39 is 0 Å². The largest absolute Gasteiger partial charge is 0.152 e. The molecule has 1 heterocycles. The molecule has 2 heteroatoms. The third-order valence-corrected chi connectivity index (χ3v) is 3.92. The van der Waals surface area contributed by atoms with Crippen molar-refractivity contribution in [3.05, 3.63) is 57.3 Å². The van der Waals surface area contributed by atoms with Crippen LogP contribution in [0.5, 0.6) is 0 Å². The second kappa shape index (κ2) is 5.03. The average Bonchev–Trinajstić information content (AvgIpc) is 2.76. The SMILES string of the molecule is Cc1ccc(C)c(CC(Cl)c2ccsc2)c1. The van der Waals surface area contributed by atoms with E-state index in [1.165, 1.54) is 22.3 Å². The molecule has 0 saturated heterocycles. The molecule has 16 heavy (non-hydrogen) atoms. The van der Waals surface area contributed by atoms with Crippen LogP contribution in [-0.2, 0) is 6.42 Å². The van der Waals surface area contributed by atoms with E-state index in [0.29, 0.717) is 0 Å². The number of rotatable bonds is 3. The minimum Gasteiger partial charge on any atom is -0.152 e. The lowest BCUT2D eigenvalue weighted by molar-refractivity contribution is 0.914. The average molecular weight is 251 g/mol. The number of hydrogen-bond acceptors (Lipinski definition) is 1. The molecule has 1 aromatic heterocycles. The summed E-state index contributed by atoms with van der Waals surface area (Å²) in [6.45, 7) is 4.27. The summed E-state index contributed by atoms with van der Waals surface area (Å²) in [5.41, 5.74) is 5.21. The van der Waals surface area contributed by atoms with Gasteiger partial charge in [-0.25, -0.2) is 0 Å². The molecule has 0 amide bonds. The predicted octanol–water partition coefficient (Wildman–Crippen LogP) is 4.89. The van der Waals surface area contributed by atoms with Crippen molar-refractivity contribution in [1.29, 1.82) is 0 Å². The Morgan fingerprint density at radius 1 is 1.25 bits per heavy atom. The molecular weight excluding hydrogens is 236 g/mol. The molecule has 1 aromatic carbocycles. The Hall–Kier alpha value is -0.790. The molecule has 0 radical (unpaired) electrons. The first-order valence-electron chi connectivity index (χ1n) is 5.39. The normalized spacial score (nSPS) is 12.7. The van der Waals surface area contributed by atoms with Gasteiger partial charge >= 0.3 is 0 Å². The van der Waals surface area contributed by atoms with Crippen LogP contribution in [0.3, 0.4) is 0 Å². The summed E-state index contributed by atoms with van der Waals surface area (Å²) in [7, 11) is 0. The van der Waals surface area contributed by atoms with Gasteiger partial charge in [0.05, 0.1) is 5.38 Å². The van der Waals surface area contributed by atoms with Gasteiger partial charge in [0.25, 0.3) is 0 Å². The Morgan fingerprint density at radius 3 is 2.75 bits per heavy atom. The molecule has 2 aromatic rings. The Labute approximate surface area is 106 Å². The Balaban J connectivity index is 2.17. The Bertz CT molecular complexity index is 460. The summed E-state index contributed by atoms with van der Waals surface area (Å²) < 4.78 is 0. The van der Waals surface area contributed by atoms with E-state index in [0.717, 1.165) is 6.42 Å². The fraction of sp³-hybridized carbons (Fsp3) is 0.286. The summed E-state index contributed by atoms with van der Waals surface area (Å²) in [5.74, 6) is 0. The Kier molecular flexibility index (Phi) is 3.67. The van der Waals surface area contributed by atoms with Crippen LogP contribution in [0.1, 0.15) is 27.6 Å². The van der Waals surface area contributed by atoms with Crippen molar-refractivity contribution in [2.75, 3.05) is 0 Å². The molecular formula is C14H15ClS. The van der Waals surface area contributed by atoms with Crippen LogP contribution < -0.4 is 0 Å². The third-order valence-electron chi connectivity index (χ3n) is 2.81. The van der Waals surface area contributed by atoms with E-state index in [-0.39, 0.29) is 5.38 Å². The predicted molar refractivity (Wildman–Crippen MR) is 72.5 cm³/mol. The van der Waals surface area contributed by atoms with Crippen LogP contribution in [0.15, 0.2) is 35.0 Å². The number of alkyl halides is 1. The van der Waals surface area contributed by atoms with Gasteiger partial charge in [0, 0.05) is 0 Å². The second-order valence-corrected chi connectivity index (χ2v) is 5.47. The fourth-order valence-electron chi connectivity index (χ4n) is 1.78. The molecule has 0 N–H and O–H groups in total. The molecule has 0 aliphatic carbocycles. The van der Waals surface area contributed by atoms with Crippen LogP contribution >= 0.6 is 22.9 Å². The quantitative estimate of drug-likeness (QED) is 0.681. The van der Waals surface area contributed by atoms with Crippen molar-refractivity contribution in [3.8, 4) is 0 Å². The number of benzene rings is 1. The molecule has 84 valence electrons. The van der Waals surface area contributed by atoms with Crippen molar-refractivity contribution >= 4 is 22.9 Å².